The number of aryl methyl sites for hydroxylation is 1. The maximum Gasteiger partial charge on any atom is 0.277 e. The number of aromatic nitrogens is 3. The van der Waals surface area contributed by atoms with Crippen LogP contribution in [0.15, 0.2) is 30.6 Å². The van der Waals surface area contributed by atoms with Crippen LogP contribution >= 0.6 is 0 Å². The van der Waals surface area contributed by atoms with Crippen LogP contribution in [-0.4, -0.2) is 57.8 Å². The third-order valence-electron chi connectivity index (χ3n) is 5.31. The summed E-state index contributed by atoms with van der Waals surface area (Å²) in [6.45, 7) is 8.52. The van der Waals surface area contributed by atoms with Gasteiger partial charge >= 0.3 is 0 Å². The molecule has 0 bridgehead atoms. The van der Waals surface area contributed by atoms with Crippen LogP contribution in [0.1, 0.15) is 45.7 Å². The number of nitrogens with one attached hydrogen (secondary N) is 1. The lowest BCUT2D eigenvalue weighted by molar-refractivity contribution is -0.136. The van der Waals surface area contributed by atoms with Crippen molar-refractivity contribution in [3.63, 3.8) is 0 Å². The second-order valence-corrected chi connectivity index (χ2v) is 7.16. The molecule has 0 spiro atoms. The first kappa shape index (κ1) is 20.7. The Bertz CT molecular complexity index is 856. The van der Waals surface area contributed by atoms with Crippen molar-refractivity contribution in [1.82, 2.24) is 19.9 Å². The molecule has 8 heteroatoms. The van der Waals surface area contributed by atoms with E-state index in [4.69, 9.17) is 0 Å². The average Bonchev–Trinajstić information content (AvgIpc) is 2.75. The molecule has 0 radical (unpaired) electrons. The zero-order valence-corrected chi connectivity index (χ0v) is 17.3. The maximum absolute atomic E-state index is 12.6. The van der Waals surface area contributed by atoms with Gasteiger partial charge in [-0.1, -0.05) is 19.9 Å². The maximum atomic E-state index is 12.6. The van der Waals surface area contributed by atoms with Gasteiger partial charge < -0.3 is 15.1 Å². The number of carbonyl (C=O) groups is 2. The number of pyridine rings is 1. The molecule has 0 aromatic carbocycles. The minimum absolute atomic E-state index is 0. The van der Waals surface area contributed by atoms with E-state index in [1.54, 1.807) is 37.5 Å². The van der Waals surface area contributed by atoms with Crippen LogP contribution in [0.3, 0.4) is 0 Å². The minimum atomic E-state index is -0.335. The van der Waals surface area contributed by atoms with Crippen molar-refractivity contribution in [3.05, 3.63) is 42.0 Å². The van der Waals surface area contributed by atoms with E-state index < -0.39 is 0 Å². The summed E-state index contributed by atoms with van der Waals surface area (Å²) in [4.78, 5) is 42.2. The lowest BCUT2D eigenvalue weighted by Gasteiger charge is -2.36. The second-order valence-electron chi connectivity index (χ2n) is 7.16. The van der Waals surface area contributed by atoms with E-state index in [0.717, 1.165) is 12.8 Å². The van der Waals surface area contributed by atoms with Gasteiger partial charge in [0.2, 0.25) is 5.91 Å². The quantitative estimate of drug-likeness (QED) is 0.801. The first-order chi connectivity index (χ1) is 14.0. The zero-order valence-electron chi connectivity index (χ0n) is 17.3. The van der Waals surface area contributed by atoms with Crippen molar-refractivity contribution in [2.45, 2.75) is 33.6 Å². The highest BCUT2D eigenvalue weighted by molar-refractivity contribution is 6.03. The van der Waals surface area contributed by atoms with Gasteiger partial charge in [0.05, 0.1) is 11.9 Å². The predicted octanol–water partition coefficient (Wildman–Crippen LogP) is 3.01. The number of carbonyl (C=O) groups excluding carboxylic acids is 2. The highest BCUT2D eigenvalue weighted by Gasteiger charge is 2.26. The third kappa shape index (κ3) is 4.88. The Kier molecular flexibility index (Phi) is 6.74. The lowest BCUT2D eigenvalue weighted by atomic mass is 10.0. The van der Waals surface area contributed by atoms with Crippen molar-refractivity contribution >= 4 is 23.5 Å². The molecule has 1 aliphatic rings. The minimum Gasteiger partial charge on any atom is -0.352 e. The Labute approximate surface area is 174 Å². The molecule has 2 aromatic heterocycles. The summed E-state index contributed by atoms with van der Waals surface area (Å²) >= 11 is 0. The number of nitrogens with zero attached hydrogens (tertiary/aromatic N) is 5. The van der Waals surface area contributed by atoms with Crippen molar-refractivity contribution in [3.8, 4) is 0 Å². The number of piperazine rings is 1. The van der Waals surface area contributed by atoms with Crippen LogP contribution < -0.4 is 10.2 Å². The van der Waals surface area contributed by atoms with E-state index in [1.807, 2.05) is 4.90 Å². The van der Waals surface area contributed by atoms with Gasteiger partial charge in [0, 0.05) is 41.1 Å². The number of rotatable bonds is 6. The fourth-order valence-corrected chi connectivity index (χ4v) is 3.47. The molecule has 158 valence electrons. The van der Waals surface area contributed by atoms with E-state index in [-0.39, 0.29) is 26.3 Å². The first-order valence-electron chi connectivity index (χ1n) is 10.1. The fourth-order valence-electron chi connectivity index (χ4n) is 3.47. The van der Waals surface area contributed by atoms with Gasteiger partial charge in [0.25, 0.3) is 5.91 Å². The van der Waals surface area contributed by atoms with E-state index >= 15 is 0 Å². The van der Waals surface area contributed by atoms with Gasteiger partial charge in [-0.3, -0.25) is 14.6 Å². The molecular weight excluding hydrogens is 368 g/mol. The van der Waals surface area contributed by atoms with E-state index in [0.29, 0.717) is 43.5 Å². The smallest absolute Gasteiger partial charge is 0.277 e. The number of amides is 2. The monoisotopic (exact) mass is 400 g/mol. The molecular formula is C21H32N6O2. The second kappa shape index (κ2) is 9.45. The van der Waals surface area contributed by atoms with Crippen molar-refractivity contribution < 1.29 is 12.4 Å². The van der Waals surface area contributed by atoms with E-state index in [1.165, 1.54) is 0 Å². The van der Waals surface area contributed by atoms with Crippen LogP contribution in [0.4, 0.5) is 11.6 Å². The lowest BCUT2D eigenvalue weighted by Crippen LogP contribution is -2.50. The van der Waals surface area contributed by atoms with Crippen LogP contribution in [0, 0.1) is 12.8 Å². The third-order valence-corrected chi connectivity index (χ3v) is 5.31. The predicted molar refractivity (Wildman–Crippen MR) is 116 cm³/mol. The first-order valence-corrected chi connectivity index (χ1v) is 10.1. The summed E-state index contributed by atoms with van der Waals surface area (Å²) in [6, 6.07) is 5.32. The molecule has 1 N–H and O–H groups in total. The van der Waals surface area contributed by atoms with E-state index in [2.05, 4.69) is 39.0 Å². The molecule has 1 saturated heterocycles. The van der Waals surface area contributed by atoms with Gasteiger partial charge in [-0.25, -0.2) is 9.97 Å². The molecule has 1 aliphatic heterocycles. The Morgan fingerprint density at radius 3 is 2.48 bits per heavy atom. The summed E-state index contributed by atoms with van der Waals surface area (Å²) in [6.07, 6.45) is 5.04. The summed E-state index contributed by atoms with van der Waals surface area (Å²) in [5, 5.41) is 2.75. The zero-order chi connectivity index (χ0) is 20.8. The number of anilines is 2. The summed E-state index contributed by atoms with van der Waals surface area (Å²) in [5.41, 5.74) is 0.841. The van der Waals surface area contributed by atoms with Gasteiger partial charge in [0.1, 0.15) is 11.6 Å². The summed E-state index contributed by atoms with van der Waals surface area (Å²) < 4.78 is 0. The van der Waals surface area contributed by atoms with Gasteiger partial charge in [-0.2, -0.15) is 0 Å². The van der Waals surface area contributed by atoms with Crippen molar-refractivity contribution in [2.24, 2.45) is 5.92 Å². The largest absolute Gasteiger partial charge is 0.352 e. The molecule has 0 unspecified atom stereocenters. The Morgan fingerprint density at radius 2 is 1.86 bits per heavy atom. The van der Waals surface area contributed by atoms with Crippen molar-refractivity contribution in [1.29, 1.82) is 0 Å². The molecule has 3 rings (SSSR count). The Balaban J connectivity index is 0.00000240. The average molecular weight is 401 g/mol. The summed E-state index contributed by atoms with van der Waals surface area (Å²) in [7, 11) is 0. The van der Waals surface area contributed by atoms with Gasteiger partial charge in [0.15, 0.2) is 5.69 Å². The molecule has 0 saturated carbocycles. The molecule has 0 aliphatic carbocycles. The topological polar surface area (TPSA) is 91.3 Å². The normalized spacial score (nSPS) is 14.2. The fraction of sp³-hybridized carbons (Fsp3) is 0.476. The Hall–Kier alpha value is -3.03. The van der Waals surface area contributed by atoms with Crippen molar-refractivity contribution in [2.75, 3.05) is 36.4 Å². The van der Waals surface area contributed by atoms with Crippen LogP contribution in [0.25, 0.3) is 0 Å². The number of hydrogen-bond acceptors (Lipinski definition) is 6. The molecule has 2 amide bonds. The Morgan fingerprint density at radius 1 is 1.14 bits per heavy atom. The van der Waals surface area contributed by atoms with Gasteiger partial charge in [-0.15, -0.1) is 0 Å². The van der Waals surface area contributed by atoms with Crippen LogP contribution in [-0.2, 0) is 4.79 Å². The molecule has 2 aromatic rings. The molecule has 29 heavy (non-hydrogen) atoms. The summed E-state index contributed by atoms with van der Waals surface area (Å²) in [5.74, 6) is 1.12. The highest BCUT2D eigenvalue weighted by Crippen LogP contribution is 2.18. The molecule has 3 heterocycles. The highest BCUT2D eigenvalue weighted by atomic mass is 16.2. The molecule has 1 fully saturated rings. The van der Waals surface area contributed by atoms with Gasteiger partial charge in [-0.05, 0) is 31.9 Å². The SMILES string of the molecule is CCC(CC)C(=O)N1CCN(c2cnc(C)c(C(=O)Nc3ccccn3)n2)CC1.[HH].[HH]. The van der Waals surface area contributed by atoms with E-state index in [9.17, 15) is 9.59 Å². The standard InChI is InChI=1S/C21H28N6O2.2H2/c1-4-16(5-2)21(29)27-12-10-26(11-13-27)18-14-23-15(3)19(25-18)20(28)24-17-8-6-7-9-22-17;;/h6-9,14,16H,4-5,10-13H2,1-3H3,(H,22,24,28);2*1H. The number of hydrogen-bond donors (Lipinski definition) is 1. The molecule has 8 nitrogen and oxygen atoms in total. The molecule has 0 atom stereocenters. The van der Waals surface area contributed by atoms with Crippen LogP contribution in [0.5, 0.6) is 0 Å². The van der Waals surface area contributed by atoms with Crippen LogP contribution in [0.2, 0.25) is 0 Å².